The lowest BCUT2D eigenvalue weighted by atomic mass is 9.64. The number of halogens is 3. The van der Waals surface area contributed by atoms with E-state index in [2.05, 4.69) is 21.1 Å². The molecular weight excluding hydrogens is 548 g/mol. The highest BCUT2D eigenvalue weighted by Crippen LogP contribution is 2.54. The number of hydrogen-bond donors (Lipinski definition) is 3. The summed E-state index contributed by atoms with van der Waals surface area (Å²) in [6, 6.07) is 10.0. The van der Waals surface area contributed by atoms with Gasteiger partial charge in [-0.2, -0.15) is 0 Å². The molecule has 10 heteroatoms. The van der Waals surface area contributed by atoms with Crippen LogP contribution in [0.25, 0.3) is 11.3 Å². The maximum absolute atomic E-state index is 14.3. The van der Waals surface area contributed by atoms with Crippen LogP contribution in [0.2, 0.25) is 0 Å². The molecule has 1 saturated heterocycles. The van der Waals surface area contributed by atoms with Crippen LogP contribution in [-0.4, -0.2) is 45.5 Å². The number of nitrogens with two attached hydrogens (primary N) is 1. The van der Waals surface area contributed by atoms with Gasteiger partial charge in [-0.15, -0.1) is 0 Å². The van der Waals surface area contributed by atoms with Gasteiger partial charge in [0.2, 0.25) is 0 Å². The van der Waals surface area contributed by atoms with Gasteiger partial charge in [0.1, 0.15) is 11.3 Å². The summed E-state index contributed by atoms with van der Waals surface area (Å²) in [5.74, 6) is -2.93. The highest BCUT2D eigenvalue weighted by atomic mass is 79.9. The minimum absolute atomic E-state index is 0.0127. The van der Waals surface area contributed by atoms with Gasteiger partial charge in [-0.05, 0) is 64.0 Å². The monoisotopic (exact) mass is 577 g/mol. The molecular formula is C27H30BrF2N3O4. The number of hydrogen-bond acceptors (Lipinski definition) is 5. The summed E-state index contributed by atoms with van der Waals surface area (Å²) in [6.45, 7) is 6.00. The Hall–Kier alpha value is -2.82. The first-order valence-corrected chi connectivity index (χ1v) is 12.8. The van der Waals surface area contributed by atoms with Crippen LogP contribution in [0.1, 0.15) is 50.0 Å². The molecule has 4 N–H and O–H groups in total. The van der Waals surface area contributed by atoms with Crippen LogP contribution < -0.4 is 5.73 Å². The van der Waals surface area contributed by atoms with Crippen molar-refractivity contribution in [2.75, 3.05) is 13.1 Å². The average Bonchev–Trinajstić information content (AvgIpc) is 3.20. The van der Waals surface area contributed by atoms with Crippen LogP contribution in [0.3, 0.4) is 0 Å². The SMILES string of the molecule is CC(C)(C)C1[C@H](c2onc(-c3ccccc3CCN)c2Br)[C@@](O)(c2ccc(F)c(F)c2)CCN1C(=O)O. The van der Waals surface area contributed by atoms with Crippen LogP contribution in [-0.2, 0) is 12.0 Å². The second-order valence-corrected chi connectivity index (χ2v) is 11.3. The maximum atomic E-state index is 14.3. The number of aliphatic hydroxyl groups is 1. The number of amides is 1. The number of benzene rings is 2. The average molecular weight is 578 g/mol. The molecule has 4 rings (SSSR count). The van der Waals surface area contributed by atoms with E-state index in [1.54, 1.807) is 0 Å². The summed E-state index contributed by atoms with van der Waals surface area (Å²) in [6.07, 6.45) is -0.611. The second-order valence-electron chi connectivity index (χ2n) is 10.5. The quantitative estimate of drug-likeness (QED) is 0.361. The van der Waals surface area contributed by atoms with Crippen LogP contribution in [0.4, 0.5) is 13.6 Å². The van der Waals surface area contributed by atoms with Gasteiger partial charge < -0.3 is 25.4 Å². The zero-order chi connectivity index (χ0) is 27.1. The van der Waals surface area contributed by atoms with Gasteiger partial charge >= 0.3 is 6.09 Å². The Bertz CT molecular complexity index is 1310. The van der Waals surface area contributed by atoms with Gasteiger partial charge in [-0.25, -0.2) is 13.6 Å². The molecule has 37 heavy (non-hydrogen) atoms. The Labute approximate surface area is 222 Å². The van der Waals surface area contributed by atoms with E-state index in [0.29, 0.717) is 23.1 Å². The molecule has 0 saturated carbocycles. The molecule has 0 spiro atoms. The van der Waals surface area contributed by atoms with Gasteiger partial charge in [0.15, 0.2) is 17.4 Å². The molecule has 0 bridgehead atoms. The minimum atomic E-state index is -1.78. The van der Waals surface area contributed by atoms with E-state index < -0.39 is 40.7 Å². The molecule has 1 aliphatic rings. The minimum Gasteiger partial charge on any atom is -0.465 e. The highest BCUT2D eigenvalue weighted by Gasteiger charge is 2.56. The van der Waals surface area contributed by atoms with E-state index in [1.807, 2.05) is 45.0 Å². The Morgan fingerprint density at radius 2 is 1.95 bits per heavy atom. The largest absolute Gasteiger partial charge is 0.465 e. The molecule has 1 fully saturated rings. The van der Waals surface area contributed by atoms with Crippen molar-refractivity contribution in [3.8, 4) is 11.3 Å². The predicted octanol–water partition coefficient (Wildman–Crippen LogP) is 5.65. The molecule has 1 unspecified atom stereocenters. The molecule has 1 amide bonds. The first kappa shape index (κ1) is 27.2. The fraction of sp³-hybridized carbons (Fsp3) is 0.407. The topological polar surface area (TPSA) is 113 Å². The molecule has 198 valence electrons. The normalized spacial score (nSPS) is 22.3. The summed E-state index contributed by atoms with van der Waals surface area (Å²) in [4.78, 5) is 13.6. The van der Waals surface area contributed by atoms with E-state index in [-0.39, 0.29) is 24.3 Å². The van der Waals surface area contributed by atoms with Crippen molar-refractivity contribution in [3.63, 3.8) is 0 Å². The Kier molecular flexibility index (Phi) is 7.47. The summed E-state index contributed by atoms with van der Waals surface area (Å²) in [5.41, 5.74) is 5.67. The Balaban J connectivity index is 1.96. The highest BCUT2D eigenvalue weighted by molar-refractivity contribution is 9.10. The predicted molar refractivity (Wildman–Crippen MR) is 138 cm³/mol. The van der Waals surface area contributed by atoms with Crippen molar-refractivity contribution in [1.82, 2.24) is 10.1 Å². The van der Waals surface area contributed by atoms with E-state index >= 15 is 0 Å². The van der Waals surface area contributed by atoms with E-state index in [1.165, 1.54) is 11.0 Å². The zero-order valence-electron chi connectivity index (χ0n) is 20.8. The molecule has 0 radical (unpaired) electrons. The summed E-state index contributed by atoms with van der Waals surface area (Å²) in [7, 11) is 0. The number of carbonyl (C=O) groups is 1. The van der Waals surface area contributed by atoms with Crippen LogP contribution in [0.15, 0.2) is 51.5 Å². The second kappa shape index (κ2) is 10.2. The lowest BCUT2D eigenvalue weighted by Crippen LogP contribution is -2.60. The zero-order valence-corrected chi connectivity index (χ0v) is 22.4. The number of carboxylic acid groups (broad SMARTS) is 1. The molecule has 2 aromatic carbocycles. The standard InChI is InChI=1S/C27H30BrF2N3O4/c1-26(2,3)24-20(23-21(28)22(32-37-23)17-7-5-4-6-15(17)10-12-31)27(36,11-13-33(24)25(34)35)16-8-9-18(29)19(30)14-16/h4-9,14,20,24,36H,10-13,31H2,1-3H3,(H,34,35)/t20-,24?,27-/m0/s1. The van der Waals surface area contributed by atoms with Gasteiger partial charge in [0.05, 0.1) is 16.4 Å². The summed E-state index contributed by atoms with van der Waals surface area (Å²) in [5, 5.41) is 26.6. The van der Waals surface area contributed by atoms with Crippen LogP contribution in [0, 0.1) is 17.0 Å². The number of rotatable bonds is 5. The lowest BCUT2D eigenvalue weighted by Gasteiger charge is -2.53. The third-order valence-electron chi connectivity index (χ3n) is 7.08. The number of nitrogens with zero attached hydrogens (tertiary/aromatic N) is 2. The first-order valence-electron chi connectivity index (χ1n) is 12.0. The molecule has 3 aromatic rings. The van der Waals surface area contributed by atoms with Gasteiger partial charge in [-0.3, -0.25) is 0 Å². The molecule has 1 aromatic heterocycles. The Morgan fingerprint density at radius 3 is 2.57 bits per heavy atom. The van der Waals surface area contributed by atoms with E-state index in [0.717, 1.165) is 23.3 Å². The number of likely N-dealkylation sites (tertiary alicyclic amines) is 1. The number of aromatic nitrogens is 1. The van der Waals surface area contributed by atoms with Gasteiger partial charge in [0.25, 0.3) is 0 Å². The van der Waals surface area contributed by atoms with Crippen molar-refractivity contribution in [2.24, 2.45) is 11.1 Å². The lowest BCUT2D eigenvalue weighted by molar-refractivity contribution is -0.0977. The van der Waals surface area contributed by atoms with Crippen LogP contribution in [0.5, 0.6) is 0 Å². The third kappa shape index (κ3) is 4.89. The van der Waals surface area contributed by atoms with Crippen molar-refractivity contribution in [2.45, 2.75) is 51.2 Å². The maximum Gasteiger partial charge on any atom is 0.407 e. The fourth-order valence-corrected chi connectivity index (χ4v) is 6.04. The van der Waals surface area contributed by atoms with E-state index in [9.17, 15) is 23.8 Å². The summed E-state index contributed by atoms with van der Waals surface area (Å²) < 4.78 is 34.5. The fourth-order valence-electron chi connectivity index (χ4n) is 5.44. The van der Waals surface area contributed by atoms with E-state index in [4.69, 9.17) is 10.3 Å². The smallest absolute Gasteiger partial charge is 0.407 e. The first-order chi connectivity index (χ1) is 17.4. The van der Waals surface area contributed by atoms with Crippen molar-refractivity contribution >= 4 is 22.0 Å². The van der Waals surface area contributed by atoms with Crippen LogP contribution >= 0.6 is 15.9 Å². The third-order valence-corrected chi connectivity index (χ3v) is 7.85. The van der Waals surface area contributed by atoms with Gasteiger partial charge in [0, 0.05) is 12.1 Å². The molecule has 0 aliphatic carbocycles. The molecule has 3 atom stereocenters. The van der Waals surface area contributed by atoms with Crippen molar-refractivity contribution in [3.05, 3.63) is 75.5 Å². The molecule has 1 aliphatic heterocycles. The summed E-state index contributed by atoms with van der Waals surface area (Å²) >= 11 is 3.61. The Morgan fingerprint density at radius 1 is 1.24 bits per heavy atom. The molecule has 2 heterocycles. The molecule has 7 nitrogen and oxygen atoms in total. The van der Waals surface area contributed by atoms with Crippen molar-refractivity contribution < 1.29 is 28.3 Å². The number of piperidine rings is 1. The van der Waals surface area contributed by atoms with Gasteiger partial charge in [-0.1, -0.05) is 56.3 Å². The van der Waals surface area contributed by atoms with Crippen molar-refractivity contribution in [1.29, 1.82) is 0 Å².